The number of alkyl halides is 3. The van der Waals surface area contributed by atoms with Gasteiger partial charge in [0, 0.05) is 34.7 Å². The number of anilines is 1. The fourth-order valence-electron chi connectivity index (χ4n) is 6.41. The number of ether oxygens (including phenoxy) is 2. The van der Waals surface area contributed by atoms with Crippen LogP contribution in [0.2, 0.25) is 0 Å². The molecule has 45 heavy (non-hydrogen) atoms. The van der Waals surface area contributed by atoms with E-state index in [0.717, 1.165) is 53.9 Å². The van der Waals surface area contributed by atoms with E-state index in [0.29, 0.717) is 22.6 Å². The molecule has 0 unspecified atom stereocenters. The van der Waals surface area contributed by atoms with Gasteiger partial charge in [-0.2, -0.15) is 0 Å². The standard InChI is InChI=1S/C31H29F3N4O6S/c32-31(33,34)43-24-4-2-1-3-21(24)27-22(28(44-37-27)16-5-6-16)15-42-20-12-18-8-9-19(13-20)38(18)30-36-23-10-7-17(11-25(23)45-30)29(41)35-14-26(39)40/h1-4,7,10-11,16,18-20H,5-6,8-9,12-15H2,(H,35,41)(H,39,40)/t18-,19+,20+. The molecule has 4 aromatic rings. The summed E-state index contributed by atoms with van der Waals surface area (Å²) in [6, 6.07) is 11.5. The first-order valence-corrected chi connectivity index (χ1v) is 15.6. The Labute approximate surface area is 259 Å². The van der Waals surface area contributed by atoms with Crippen LogP contribution >= 0.6 is 11.3 Å². The molecule has 3 aliphatic rings. The maximum Gasteiger partial charge on any atom is 0.573 e. The molecule has 1 amide bonds. The summed E-state index contributed by atoms with van der Waals surface area (Å²) in [6.07, 6.45) is 0.461. The SMILES string of the molecule is O=C(O)CNC(=O)c1ccc2nc(N3[C@@H]4CC[C@H]3C[C@@H](OCc3c(-c5ccccc5OC(F)(F)F)noc3C3CC3)C4)sc2c1. The molecule has 2 N–H and O–H groups in total. The van der Waals surface area contributed by atoms with Crippen molar-refractivity contribution < 1.29 is 41.9 Å². The number of nitrogens with one attached hydrogen (secondary N) is 1. The van der Waals surface area contributed by atoms with Crippen LogP contribution in [0.3, 0.4) is 0 Å². The van der Waals surface area contributed by atoms with Crippen molar-refractivity contribution in [3.8, 4) is 17.0 Å². The van der Waals surface area contributed by atoms with Crippen LogP contribution in [0.15, 0.2) is 47.0 Å². The number of para-hydroxylation sites is 1. The van der Waals surface area contributed by atoms with Gasteiger partial charge in [-0.25, -0.2) is 4.98 Å². The maximum atomic E-state index is 13.1. The van der Waals surface area contributed by atoms with Crippen LogP contribution < -0.4 is 15.0 Å². The third-order valence-electron chi connectivity index (χ3n) is 8.55. The monoisotopic (exact) mass is 642 g/mol. The van der Waals surface area contributed by atoms with E-state index in [2.05, 4.69) is 20.1 Å². The molecule has 10 nitrogen and oxygen atoms in total. The smallest absolute Gasteiger partial charge is 0.480 e. The second-order valence-corrected chi connectivity index (χ2v) is 12.7. The van der Waals surface area contributed by atoms with Crippen molar-refractivity contribution >= 4 is 38.6 Å². The highest BCUT2D eigenvalue weighted by atomic mass is 32.1. The summed E-state index contributed by atoms with van der Waals surface area (Å²) in [5.74, 6) is -1.06. The van der Waals surface area contributed by atoms with Crippen molar-refractivity contribution in [1.29, 1.82) is 0 Å². The molecule has 1 saturated carbocycles. The molecule has 236 valence electrons. The number of carbonyl (C=O) groups is 2. The molecular weight excluding hydrogens is 613 g/mol. The van der Waals surface area contributed by atoms with E-state index in [1.54, 1.807) is 30.3 Å². The molecule has 2 aliphatic heterocycles. The van der Waals surface area contributed by atoms with E-state index in [1.165, 1.54) is 23.5 Å². The molecular formula is C31H29F3N4O6S. The first-order chi connectivity index (χ1) is 21.6. The Kier molecular flexibility index (Phi) is 7.64. The highest BCUT2D eigenvalue weighted by Crippen LogP contribution is 2.47. The normalized spacial score (nSPS) is 21.3. The van der Waals surface area contributed by atoms with Crippen molar-refractivity contribution in [3.63, 3.8) is 0 Å². The minimum absolute atomic E-state index is 0.0610. The molecule has 2 bridgehead atoms. The Balaban J connectivity index is 1.06. The summed E-state index contributed by atoms with van der Waals surface area (Å²) in [6.45, 7) is -0.283. The molecule has 1 aliphatic carbocycles. The highest BCUT2D eigenvalue weighted by molar-refractivity contribution is 7.22. The number of thiazole rings is 1. The number of hydrogen-bond acceptors (Lipinski definition) is 9. The van der Waals surface area contributed by atoms with Crippen LogP contribution in [-0.2, 0) is 16.1 Å². The summed E-state index contributed by atoms with van der Waals surface area (Å²) >= 11 is 1.50. The number of fused-ring (bicyclic) bond motifs is 3. The average molecular weight is 643 g/mol. The minimum atomic E-state index is -4.84. The third-order valence-corrected chi connectivity index (χ3v) is 9.58. The number of aliphatic carboxylic acids is 1. The van der Waals surface area contributed by atoms with Gasteiger partial charge in [-0.3, -0.25) is 9.59 Å². The quantitative estimate of drug-likeness (QED) is 0.206. The maximum absolute atomic E-state index is 13.1. The van der Waals surface area contributed by atoms with E-state index >= 15 is 0 Å². The molecule has 0 spiro atoms. The van der Waals surface area contributed by atoms with Gasteiger partial charge in [0.2, 0.25) is 0 Å². The van der Waals surface area contributed by atoms with Crippen molar-refractivity contribution in [2.75, 3.05) is 11.4 Å². The van der Waals surface area contributed by atoms with Gasteiger partial charge in [0.15, 0.2) is 5.13 Å². The van der Waals surface area contributed by atoms with Crippen LogP contribution in [0, 0.1) is 0 Å². The highest BCUT2D eigenvalue weighted by Gasteiger charge is 2.43. The van der Waals surface area contributed by atoms with Crippen molar-refractivity contribution in [2.24, 2.45) is 0 Å². The summed E-state index contributed by atoms with van der Waals surface area (Å²) in [7, 11) is 0. The Hall–Kier alpha value is -4.17. The zero-order valence-electron chi connectivity index (χ0n) is 23.9. The van der Waals surface area contributed by atoms with Crippen molar-refractivity contribution in [1.82, 2.24) is 15.5 Å². The van der Waals surface area contributed by atoms with E-state index in [-0.39, 0.29) is 42.0 Å². The second-order valence-electron chi connectivity index (χ2n) is 11.6. The van der Waals surface area contributed by atoms with E-state index in [1.807, 2.05) is 0 Å². The number of carbonyl (C=O) groups excluding carboxylic acids is 1. The van der Waals surface area contributed by atoms with Crippen LogP contribution in [0.25, 0.3) is 21.5 Å². The van der Waals surface area contributed by atoms with Gasteiger partial charge in [-0.05, 0) is 68.9 Å². The molecule has 2 saturated heterocycles. The zero-order chi connectivity index (χ0) is 31.3. The summed E-state index contributed by atoms with van der Waals surface area (Å²) in [5.41, 5.74) is 2.32. The van der Waals surface area contributed by atoms with Gasteiger partial charge in [-0.1, -0.05) is 28.6 Å². The molecule has 7 rings (SSSR count). The Bertz CT molecular complexity index is 1740. The molecule has 14 heteroatoms. The lowest BCUT2D eigenvalue weighted by Crippen LogP contribution is -2.45. The van der Waals surface area contributed by atoms with Crippen LogP contribution in [0.5, 0.6) is 5.75 Å². The van der Waals surface area contributed by atoms with Gasteiger partial charge >= 0.3 is 12.3 Å². The number of hydrogen-bond donors (Lipinski definition) is 2. The number of aromatic nitrogens is 2. The number of halogens is 3. The Morgan fingerprint density at radius 2 is 1.84 bits per heavy atom. The number of rotatable bonds is 10. The third kappa shape index (κ3) is 6.21. The van der Waals surface area contributed by atoms with Crippen LogP contribution in [-0.4, -0.2) is 58.2 Å². The van der Waals surface area contributed by atoms with Gasteiger partial charge in [0.25, 0.3) is 5.91 Å². The van der Waals surface area contributed by atoms with E-state index in [9.17, 15) is 22.8 Å². The molecule has 3 atom stereocenters. The predicted octanol–water partition coefficient (Wildman–Crippen LogP) is 6.26. The zero-order valence-corrected chi connectivity index (χ0v) is 24.7. The van der Waals surface area contributed by atoms with Gasteiger partial charge in [-0.15, -0.1) is 13.2 Å². The summed E-state index contributed by atoms with van der Waals surface area (Å²) < 4.78 is 56.7. The van der Waals surface area contributed by atoms with Crippen LogP contribution in [0.1, 0.15) is 66.1 Å². The number of nitrogens with zero attached hydrogens (tertiary/aromatic N) is 3. The first kappa shape index (κ1) is 29.5. The summed E-state index contributed by atoms with van der Waals surface area (Å²) in [4.78, 5) is 30.4. The lowest BCUT2D eigenvalue weighted by molar-refractivity contribution is -0.274. The van der Waals surface area contributed by atoms with Gasteiger partial charge < -0.3 is 29.3 Å². The lowest BCUT2D eigenvalue weighted by Gasteiger charge is -2.38. The minimum Gasteiger partial charge on any atom is -0.480 e. The fourth-order valence-corrected chi connectivity index (χ4v) is 7.56. The van der Waals surface area contributed by atoms with Gasteiger partial charge in [0.1, 0.15) is 23.7 Å². The van der Waals surface area contributed by atoms with Crippen LogP contribution in [0.4, 0.5) is 18.3 Å². The van der Waals surface area contributed by atoms with Crippen molar-refractivity contribution in [2.45, 2.75) is 75.6 Å². The van der Waals surface area contributed by atoms with E-state index in [4.69, 9.17) is 19.4 Å². The topological polar surface area (TPSA) is 127 Å². The van der Waals surface area contributed by atoms with Gasteiger partial charge in [0.05, 0.1) is 22.9 Å². The number of carboxylic acids is 1. The first-order valence-electron chi connectivity index (χ1n) is 14.8. The molecule has 2 aromatic heterocycles. The lowest BCUT2D eigenvalue weighted by atomic mass is 10.00. The van der Waals surface area contributed by atoms with Crippen molar-refractivity contribution in [3.05, 3.63) is 59.4 Å². The van der Waals surface area contributed by atoms with E-state index < -0.39 is 24.8 Å². The second kappa shape index (κ2) is 11.6. The number of carboxylic acid groups (broad SMARTS) is 1. The number of amides is 1. The molecule has 3 fully saturated rings. The number of piperidine rings is 1. The fraction of sp³-hybridized carbons (Fsp3) is 0.419. The molecule has 0 radical (unpaired) electrons. The largest absolute Gasteiger partial charge is 0.573 e. The number of benzene rings is 2. The molecule has 2 aromatic carbocycles. The average Bonchev–Trinajstić information content (AvgIpc) is 3.52. The summed E-state index contributed by atoms with van der Waals surface area (Å²) in [5, 5.41) is 16.3. The Morgan fingerprint density at radius 3 is 2.56 bits per heavy atom. The predicted molar refractivity (Wildman–Crippen MR) is 157 cm³/mol. The molecule has 4 heterocycles. The Morgan fingerprint density at radius 1 is 1.09 bits per heavy atom.